The minimum absolute atomic E-state index is 0.00607. The summed E-state index contributed by atoms with van der Waals surface area (Å²) in [6.45, 7) is 2.48. The summed E-state index contributed by atoms with van der Waals surface area (Å²) in [7, 11) is 0. The third-order valence-corrected chi connectivity index (χ3v) is 5.38. The smallest absolute Gasteiger partial charge is 0.239 e. The van der Waals surface area contributed by atoms with Crippen LogP contribution >= 0.6 is 0 Å². The molecule has 1 amide bonds. The molecule has 5 nitrogen and oxygen atoms in total. The Kier molecular flexibility index (Phi) is 4.53. The number of hydrogen-bond acceptors (Lipinski definition) is 3. The fourth-order valence-electron chi connectivity index (χ4n) is 4.00. The second-order valence-corrected chi connectivity index (χ2v) is 6.96. The van der Waals surface area contributed by atoms with Crippen molar-refractivity contribution in [3.63, 3.8) is 0 Å². The third-order valence-electron chi connectivity index (χ3n) is 5.38. The van der Waals surface area contributed by atoms with Gasteiger partial charge in [-0.3, -0.25) is 9.89 Å². The van der Waals surface area contributed by atoms with Gasteiger partial charge in [0.1, 0.15) is 5.82 Å². The highest BCUT2D eigenvalue weighted by atomic mass is 19.1. The van der Waals surface area contributed by atoms with Crippen LogP contribution in [0.2, 0.25) is 0 Å². The number of likely N-dealkylation sites (tertiary alicyclic amines) is 1. The van der Waals surface area contributed by atoms with E-state index in [9.17, 15) is 9.18 Å². The third kappa shape index (κ3) is 3.31. The summed E-state index contributed by atoms with van der Waals surface area (Å²) in [5, 5.41) is 10.6. The molecule has 1 aromatic heterocycles. The number of nitrogens with zero attached hydrogens (tertiary/aromatic N) is 2. The molecule has 25 heavy (non-hydrogen) atoms. The minimum atomic E-state index is -0.242. The van der Waals surface area contributed by atoms with E-state index >= 15 is 0 Å². The quantitative estimate of drug-likeness (QED) is 0.901. The fraction of sp³-hybridized carbons (Fsp3) is 0.474. The van der Waals surface area contributed by atoms with E-state index in [2.05, 4.69) is 15.5 Å². The predicted molar refractivity (Wildman–Crippen MR) is 93.6 cm³/mol. The molecule has 1 unspecified atom stereocenters. The molecule has 0 radical (unpaired) electrons. The normalized spacial score (nSPS) is 21.6. The summed E-state index contributed by atoms with van der Waals surface area (Å²) in [6.07, 6.45) is 5.61. The van der Waals surface area contributed by atoms with Crippen molar-refractivity contribution in [3.8, 4) is 11.1 Å². The molecule has 0 spiro atoms. The average molecular weight is 342 g/mol. The number of nitrogens with one attached hydrogen (secondary N) is 2. The number of benzene rings is 1. The Bertz CT molecular complexity index is 745. The van der Waals surface area contributed by atoms with Crippen molar-refractivity contribution in [1.82, 2.24) is 20.4 Å². The number of aromatic nitrogens is 2. The molecular formula is C19H23FN4O. The van der Waals surface area contributed by atoms with Gasteiger partial charge in [0.2, 0.25) is 5.91 Å². The van der Waals surface area contributed by atoms with Crippen LogP contribution in [0.25, 0.3) is 11.1 Å². The van der Waals surface area contributed by atoms with Crippen LogP contribution < -0.4 is 5.32 Å². The van der Waals surface area contributed by atoms with Crippen LogP contribution in [0.5, 0.6) is 0 Å². The van der Waals surface area contributed by atoms with Gasteiger partial charge in [-0.1, -0.05) is 12.1 Å². The summed E-state index contributed by atoms with van der Waals surface area (Å²) in [4.78, 5) is 14.5. The molecule has 0 bridgehead atoms. The molecule has 2 aromatic rings. The zero-order valence-electron chi connectivity index (χ0n) is 14.2. The molecular weight excluding hydrogens is 319 g/mol. The van der Waals surface area contributed by atoms with E-state index in [1.165, 1.54) is 6.07 Å². The van der Waals surface area contributed by atoms with Gasteiger partial charge in [0.05, 0.1) is 12.2 Å². The Balaban J connectivity index is 1.45. The lowest BCUT2D eigenvalue weighted by atomic mass is 9.89. The molecule has 132 valence electrons. The summed E-state index contributed by atoms with van der Waals surface area (Å²) < 4.78 is 13.5. The van der Waals surface area contributed by atoms with E-state index in [1.807, 2.05) is 11.0 Å². The number of carbonyl (C=O) groups excluding carboxylic acids is 1. The molecule has 1 atom stereocenters. The van der Waals surface area contributed by atoms with E-state index in [-0.39, 0.29) is 17.8 Å². The highest BCUT2D eigenvalue weighted by molar-refractivity contribution is 5.82. The van der Waals surface area contributed by atoms with Gasteiger partial charge < -0.3 is 10.2 Å². The Morgan fingerprint density at radius 1 is 1.24 bits per heavy atom. The molecule has 2 aliphatic heterocycles. The number of halogens is 1. The first-order chi connectivity index (χ1) is 12.2. The SMILES string of the molecule is O=C(C1CCCN1)N1CCC(c2[nH]ncc2-c2cccc(F)c2)CC1. The van der Waals surface area contributed by atoms with Gasteiger partial charge in [0.25, 0.3) is 0 Å². The van der Waals surface area contributed by atoms with Gasteiger partial charge in [0.15, 0.2) is 0 Å². The zero-order valence-corrected chi connectivity index (χ0v) is 14.2. The van der Waals surface area contributed by atoms with Crippen molar-refractivity contribution in [2.75, 3.05) is 19.6 Å². The van der Waals surface area contributed by atoms with Crippen LogP contribution in [0.4, 0.5) is 4.39 Å². The summed E-state index contributed by atoms with van der Waals surface area (Å²) in [5.41, 5.74) is 2.86. The molecule has 0 aliphatic carbocycles. The van der Waals surface area contributed by atoms with Crippen LogP contribution in [-0.2, 0) is 4.79 Å². The van der Waals surface area contributed by atoms with Crippen LogP contribution in [0, 0.1) is 5.82 Å². The number of aromatic amines is 1. The van der Waals surface area contributed by atoms with Gasteiger partial charge in [-0.25, -0.2) is 4.39 Å². The van der Waals surface area contributed by atoms with Gasteiger partial charge in [-0.2, -0.15) is 5.10 Å². The van der Waals surface area contributed by atoms with Crippen LogP contribution in [0.15, 0.2) is 30.5 Å². The Morgan fingerprint density at radius 2 is 2.08 bits per heavy atom. The fourth-order valence-corrected chi connectivity index (χ4v) is 4.00. The molecule has 6 heteroatoms. The predicted octanol–water partition coefficient (Wildman–Crippen LogP) is 2.67. The first-order valence-electron chi connectivity index (χ1n) is 9.04. The first kappa shape index (κ1) is 16.3. The molecule has 0 saturated carbocycles. The molecule has 3 heterocycles. The van der Waals surface area contributed by atoms with Gasteiger partial charge in [-0.05, 0) is 49.9 Å². The highest BCUT2D eigenvalue weighted by Gasteiger charge is 2.31. The maximum atomic E-state index is 13.5. The van der Waals surface area contributed by atoms with Gasteiger partial charge in [0, 0.05) is 30.3 Å². The first-order valence-corrected chi connectivity index (χ1v) is 9.04. The maximum absolute atomic E-state index is 13.5. The Hall–Kier alpha value is -2.21. The van der Waals surface area contributed by atoms with Crippen molar-refractivity contribution in [1.29, 1.82) is 0 Å². The van der Waals surface area contributed by atoms with E-state index < -0.39 is 0 Å². The lowest BCUT2D eigenvalue weighted by Gasteiger charge is -2.33. The monoisotopic (exact) mass is 342 g/mol. The summed E-state index contributed by atoms with van der Waals surface area (Å²) in [6, 6.07) is 6.62. The standard InChI is InChI=1S/C19H23FN4O/c20-15-4-1-3-14(11-15)16-12-22-23-18(16)13-6-9-24(10-7-13)19(25)17-5-2-8-21-17/h1,3-4,11-13,17,21H,2,5-10H2,(H,22,23). The average Bonchev–Trinajstić information content (AvgIpc) is 3.33. The molecule has 2 fully saturated rings. The number of rotatable bonds is 3. The van der Waals surface area contributed by atoms with Crippen LogP contribution in [-0.4, -0.2) is 46.7 Å². The minimum Gasteiger partial charge on any atom is -0.341 e. The van der Waals surface area contributed by atoms with Gasteiger partial charge in [-0.15, -0.1) is 0 Å². The van der Waals surface area contributed by atoms with Crippen molar-refractivity contribution in [2.24, 2.45) is 0 Å². The molecule has 2 saturated heterocycles. The number of H-pyrrole nitrogens is 1. The zero-order chi connectivity index (χ0) is 17.2. The van der Waals surface area contributed by atoms with Crippen molar-refractivity contribution < 1.29 is 9.18 Å². The van der Waals surface area contributed by atoms with Crippen molar-refractivity contribution in [3.05, 3.63) is 42.0 Å². The topological polar surface area (TPSA) is 61.0 Å². The largest absolute Gasteiger partial charge is 0.341 e. The lowest BCUT2D eigenvalue weighted by Crippen LogP contribution is -2.46. The Morgan fingerprint density at radius 3 is 2.80 bits per heavy atom. The number of hydrogen-bond donors (Lipinski definition) is 2. The van der Waals surface area contributed by atoms with E-state index in [4.69, 9.17) is 0 Å². The van der Waals surface area contributed by atoms with Gasteiger partial charge >= 0.3 is 0 Å². The highest BCUT2D eigenvalue weighted by Crippen LogP contribution is 2.34. The molecule has 2 N–H and O–H groups in total. The van der Waals surface area contributed by atoms with Crippen LogP contribution in [0.1, 0.15) is 37.3 Å². The lowest BCUT2D eigenvalue weighted by molar-refractivity contribution is -0.134. The second kappa shape index (κ2) is 6.96. The summed E-state index contributed by atoms with van der Waals surface area (Å²) in [5.74, 6) is 0.321. The van der Waals surface area contributed by atoms with E-state index in [0.29, 0.717) is 5.92 Å². The summed E-state index contributed by atoms with van der Waals surface area (Å²) >= 11 is 0. The van der Waals surface area contributed by atoms with E-state index in [0.717, 1.165) is 62.1 Å². The number of amides is 1. The molecule has 1 aromatic carbocycles. The molecule has 4 rings (SSSR count). The Labute approximate surface area is 146 Å². The van der Waals surface area contributed by atoms with Crippen molar-refractivity contribution >= 4 is 5.91 Å². The second-order valence-electron chi connectivity index (χ2n) is 6.96. The van der Waals surface area contributed by atoms with E-state index in [1.54, 1.807) is 18.3 Å². The molecule has 2 aliphatic rings. The number of piperidine rings is 1. The number of carbonyl (C=O) groups is 1. The maximum Gasteiger partial charge on any atom is 0.239 e. The van der Waals surface area contributed by atoms with Crippen LogP contribution in [0.3, 0.4) is 0 Å². The van der Waals surface area contributed by atoms with Crippen molar-refractivity contribution in [2.45, 2.75) is 37.6 Å².